The third kappa shape index (κ3) is 2.96. The number of rotatable bonds is 5. The first-order valence-corrected chi connectivity index (χ1v) is 8.05. The van der Waals surface area contributed by atoms with Gasteiger partial charge in [-0.1, -0.05) is 11.6 Å². The maximum absolute atomic E-state index is 12.2. The maximum Gasteiger partial charge on any atom is 0.277 e. The molecule has 21 heavy (non-hydrogen) atoms. The minimum Gasteiger partial charge on any atom is -0.495 e. The third-order valence-electron chi connectivity index (χ3n) is 3.03. The first kappa shape index (κ1) is 14.2. The highest BCUT2D eigenvalue weighted by Gasteiger charge is 2.30. The van der Waals surface area contributed by atoms with Crippen LogP contribution >= 0.6 is 11.6 Å². The van der Waals surface area contributed by atoms with E-state index >= 15 is 0 Å². The van der Waals surface area contributed by atoms with E-state index in [1.165, 1.54) is 25.3 Å². The van der Waals surface area contributed by atoms with Crippen molar-refractivity contribution < 1.29 is 17.7 Å². The van der Waals surface area contributed by atoms with Gasteiger partial charge in [-0.15, -0.1) is 0 Å². The molecule has 7 nitrogen and oxygen atoms in total. The van der Waals surface area contributed by atoms with Crippen molar-refractivity contribution in [2.45, 2.75) is 23.7 Å². The highest BCUT2D eigenvalue weighted by Crippen LogP contribution is 2.39. The molecule has 1 aliphatic rings. The number of halogens is 1. The molecule has 1 aliphatic carbocycles. The summed E-state index contributed by atoms with van der Waals surface area (Å²) in [6, 6.07) is 4.16. The second-order valence-electron chi connectivity index (χ2n) is 4.63. The van der Waals surface area contributed by atoms with E-state index in [0.29, 0.717) is 11.6 Å². The summed E-state index contributed by atoms with van der Waals surface area (Å²) >= 11 is 5.93. The quantitative estimate of drug-likeness (QED) is 0.905. The van der Waals surface area contributed by atoms with Gasteiger partial charge in [0.2, 0.25) is 5.89 Å². The van der Waals surface area contributed by atoms with Gasteiger partial charge in [0.05, 0.1) is 17.0 Å². The van der Waals surface area contributed by atoms with Crippen molar-refractivity contribution in [2.24, 2.45) is 0 Å². The number of anilines is 1. The number of hydrogen-bond acceptors (Lipinski definition) is 6. The minimum atomic E-state index is -3.83. The largest absolute Gasteiger partial charge is 0.495 e. The standard InChI is InChI=1S/C12H12ClN3O4S/c1-19-10-5-4-8(6-9(10)13)21(17,18)16-12-14-11(20-15-12)7-2-3-7/h4-7H,2-3H2,1H3,(H,15,16). The van der Waals surface area contributed by atoms with Crippen molar-refractivity contribution in [3.63, 3.8) is 0 Å². The molecule has 0 atom stereocenters. The van der Waals surface area contributed by atoms with Crippen LogP contribution in [0.15, 0.2) is 27.6 Å². The van der Waals surface area contributed by atoms with E-state index in [1.54, 1.807) is 0 Å². The monoisotopic (exact) mass is 329 g/mol. The highest BCUT2D eigenvalue weighted by atomic mass is 35.5. The Kier molecular flexibility index (Phi) is 3.50. The predicted molar refractivity (Wildman–Crippen MR) is 75.1 cm³/mol. The summed E-state index contributed by atoms with van der Waals surface area (Å²) in [7, 11) is -2.38. The number of aromatic nitrogens is 2. The van der Waals surface area contributed by atoms with E-state index in [4.69, 9.17) is 20.9 Å². The molecular weight excluding hydrogens is 318 g/mol. The molecule has 112 valence electrons. The summed E-state index contributed by atoms with van der Waals surface area (Å²) < 4.78 is 36.7. The fraction of sp³-hybridized carbons (Fsp3) is 0.333. The molecule has 3 rings (SSSR count). The van der Waals surface area contributed by atoms with Crippen molar-refractivity contribution in [2.75, 3.05) is 11.8 Å². The number of benzene rings is 1. The molecule has 0 bridgehead atoms. The lowest BCUT2D eigenvalue weighted by Gasteiger charge is -2.07. The molecule has 0 unspecified atom stereocenters. The van der Waals surface area contributed by atoms with Gasteiger partial charge in [-0.2, -0.15) is 4.98 Å². The van der Waals surface area contributed by atoms with Crippen molar-refractivity contribution in [3.05, 3.63) is 29.1 Å². The van der Waals surface area contributed by atoms with Gasteiger partial charge in [0.15, 0.2) is 0 Å². The topological polar surface area (TPSA) is 94.3 Å². The second-order valence-corrected chi connectivity index (χ2v) is 6.72. The average Bonchev–Trinajstić information content (AvgIpc) is 3.19. The molecule has 1 aromatic heterocycles. The number of hydrogen-bond donors (Lipinski definition) is 1. The normalized spacial score (nSPS) is 15.0. The molecular formula is C12H12ClN3O4S. The van der Waals surface area contributed by atoms with E-state index in [9.17, 15) is 8.42 Å². The number of nitrogens with one attached hydrogen (secondary N) is 1. The zero-order valence-corrected chi connectivity index (χ0v) is 12.6. The Hall–Kier alpha value is -1.80. The molecule has 0 saturated heterocycles. The molecule has 1 fully saturated rings. The molecule has 0 aliphatic heterocycles. The van der Waals surface area contributed by atoms with Gasteiger partial charge >= 0.3 is 0 Å². The Balaban J connectivity index is 1.83. The first-order chi connectivity index (χ1) is 9.99. The van der Waals surface area contributed by atoms with Crippen molar-refractivity contribution in [1.29, 1.82) is 0 Å². The Morgan fingerprint density at radius 3 is 2.81 bits per heavy atom. The van der Waals surface area contributed by atoms with Crippen LogP contribution in [0, 0.1) is 0 Å². The van der Waals surface area contributed by atoms with E-state index in [2.05, 4.69) is 14.9 Å². The highest BCUT2D eigenvalue weighted by molar-refractivity contribution is 7.92. The van der Waals surface area contributed by atoms with E-state index in [-0.39, 0.29) is 21.8 Å². The van der Waals surface area contributed by atoms with Crippen LogP contribution in [-0.2, 0) is 10.0 Å². The number of nitrogens with zero attached hydrogens (tertiary/aromatic N) is 2. The molecule has 1 heterocycles. The molecule has 9 heteroatoms. The van der Waals surface area contributed by atoms with Crippen LogP contribution < -0.4 is 9.46 Å². The lowest BCUT2D eigenvalue weighted by molar-refractivity contribution is 0.380. The predicted octanol–water partition coefficient (Wildman–Crippen LogP) is 2.41. The summed E-state index contributed by atoms with van der Waals surface area (Å²) in [5, 5.41) is 3.81. The fourth-order valence-corrected chi connectivity index (χ4v) is 3.05. The van der Waals surface area contributed by atoms with Gasteiger partial charge in [0, 0.05) is 5.92 Å². The summed E-state index contributed by atoms with van der Waals surface area (Å²) in [6.45, 7) is 0. The second kappa shape index (κ2) is 5.19. The van der Waals surface area contributed by atoms with Gasteiger partial charge in [-0.05, 0) is 36.2 Å². The minimum absolute atomic E-state index is 0.00827. The molecule has 1 aromatic carbocycles. The van der Waals surface area contributed by atoms with Gasteiger partial charge in [-0.25, -0.2) is 13.1 Å². The summed E-state index contributed by atoms with van der Waals surface area (Å²) in [5.74, 6) is 1.03. The zero-order valence-electron chi connectivity index (χ0n) is 11.0. The van der Waals surface area contributed by atoms with Crippen molar-refractivity contribution in [1.82, 2.24) is 10.1 Å². The first-order valence-electron chi connectivity index (χ1n) is 6.19. The zero-order chi connectivity index (χ0) is 15.0. The van der Waals surface area contributed by atoms with Crippen molar-refractivity contribution in [3.8, 4) is 5.75 Å². The van der Waals surface area contributed by atoms with Crippen LogP contribution in [0.25, 0.3) is 0 Å². The number of sulfonamides is 1. The Labute approximate surface area is 126 Å². The van der Waals surface area contributed by atoms with Crippen LogP contribution in [0.1, 0.15) is 24.7 Å². The van der Waals surface area contributed by atoms with Gasteiger partial charge in [0.1, 0.15) is 5.75 Å². The Morgan fingerprint density at radius 2 is 2.19 bits per heavy atom. The molecule has 1 N–H and O–H groups in total. The van der Waals surface area contributed by atoms with Crippen LogP contribution in [0.5, 0.6) is 5.75 Å². The maximum atomic E-state index is 12.2. The number of methoxy groups -OCH3 is 1. The van der Waals surface area contributed by atoms with E-state index in [0.717, 1.165) is 12.8 Å². The van der Waals surface area contributed by atoms with Gasteiger partial charge in [-0.3, -0.25) is 0 Å². The van der Waals surface area contributed by atoms with Crippen LogP contribution in [0.4, 0.5) is 5.95 Å². The molecule has 0 radical (unpaired) electrons. The SMILES string of the molecule is COc1ccc(S(=O)(=O)Nc2noc(C3CC3)n2)cc1Cl. The van der Waals surface area contributed by atoms with Crippen LogP contribution in [-0.4, -0.2) is 25.7 Å². The van der Waals surface area contributed by atoms with Gasteiger partial charge < -0.3 is 9.26 Å². The molecule has 0 amide bonds. The molecule has 0 spiro atoms. The van der Waals surface area contributed by atoms with Crippen LogP contribution in [0.3, 0.4) is 0 Å². The lowest BCUT2D eigenvalue weighted by atomic mass is 10.3. The Morgan fingerprint density at radius 1 is 1.43 bits per heavy atom. The molecule has 1 saturated carbocycles. The van der Waals surface area contributed by atoms with Crippen molar-refractivity contribution >= 4 is 27.6 Å². The fourth-order valence-electron chi connectivity index (χ4n) is 1.77. The third-order valence-corrected chi connectivity index (χ3v) is 4.65. The number of ether oxygens (including phenoxy) is 1. The lowest BCUT2D eigenvalue weighted by Crippen LogP contribution is -2.14. The van der Waals surface area contributed by atoms with Crippen LogP contribution in [0.2, 0.25) is 5.02 Å². The molecule has 2 aromatic rings. The smallest absolute Gasteiger partial charge is 0.277 e. The van der Waals surface area contributed by atoms with E-state index < -0.39 is 10.0 Å². The summed E-state index contributed by atoms with van der Waals surface area (Å²) in [6.07, 6.45) is 1.98. The van der Waals surface area contributed by atoms with Gasteiger partial charge in [0.25, 0.3) is 16.0 Å². The van der Waals surface area contributed by atoms with E-state index in [1.807, 2.05) is 0 Å². The summed E-state index contributed by atoms with van der Waals surface area (Å²) in [4.78, 5) is 4.01. The Bertz CT molecular complexity index is 771. The average molecular weight is 330 g/mol. The summed E-state index contributed by atoms with van der Waals surface area (Å²) in [5.41, 5.74) is 0.